The van der Waals surface area contributed by atoms with Crippen molar-refractivity contribution in [3.8, 4) is 5.88 Å². The second-order valence-electron chi connectivity index (χ2n) is 3.67. The Kier molecular flexibility index (Phi) is 2.07. The number of thioether (sulfide) groups is 1. The molecule has 0 spiro atoms. The second-order valence-corrected chi connectivity index (χ2v) is 4.74. The zero-order chi connectivity index (χ0) is 11.1. The molecule has 1 atom stereocenters. The van der Waals surface area contributed by atoms with Gasteiger partial charge >= 0.3 is 5.69 Å². The maximum absolute atomic E-state index is 11.6. The van der Waals surface area contributed by atoms with E-state index in [1.807, 2.05) is 30.3 Å². The van der Waals surface area contributed by atoms with E-state index < -0.39 is 0 Å². The first kappa shape index (κ1) is 9.59. The van der Waals surface area contributed by atoms with Crippen molar-refractivity contribution in [2.45, 2.75) is 11.1 Å². The molecule has 82 valence electrons. The van der Waals surface area contributed by atoms with Crippen molar-refractivity contribution in [3.63, 3.8) is 0 Å². The van der Waals surface area contributed by atoms with Crippen molar-refractivity contribution in [2.24, 2.45) is 0 Å². The molecule has 2 heterocycles. The highest BCUT2D eigenvalue weighted by molar-refractivity contribution is 7.99. The molecule has 0 aliphatic carbocycles. The number of aromatic nitrogens is 2. The quantitative estimate of drug-likeness (QED) is 0.789. The van der Waals surface area contributed by atoms with Gasteiger partial charge in [-0.1, -0.05) is 30.3 Å². The first-order valence-corrected chi connectivity index (χ1v) is 6.01. The topological polar surface area (TPSA) is 58.0 Å². The highest BCUT2D eigenvalue weighted by Gasteiger charge is 2.29. The summed E-state index contributed by atoms with van der Waals surface area (Å²) < 4.78 is 1.62. The van der Waals surface area contributed by atoms with Crippen LogP contribution in [-0.2, 0) is 5.75 Å². The second kappa shape index (κ2) is 3.45. The number of hydrogen-bond acceptors (Lipinski definition) is 3. The van der Waals surface area contributed by atoms with Crippen LogP contribution in [0.25, 0.3) is 0 Å². The van der Waals surface area contributed by atoms with Crippen LogP contribution in [0.15, 0.2) is 35.1 Å². The van der Waals surface area contributed by atoms with Crippen LogP contribution < -0.4 is 5.69 Å². The zero-order valence-electron chi connectivity index (χ0n) is 8.38. The Morgan fingerprint density at radius 2 is 2.12 bits per heavy atom. The van der Waals surface area contributed by atoms with Crippen LogP contribution in [0.4, 0.5) is 0 Å². The fraction of sp³-hybridized carbons (Fsp3) is 0.182. The number of fused-ring (bicyclic) bond motifs is 1. The average Bonchev–Trinajstić information content (AvgIpc) is 2.84. The lowest BCUT2D eigenvalue weighted by molar-refractivity contribution is 0.450. The molecule has 1 unspecified atom stereocenters. The monoisotopic (exact) mass is 234 g/mol. The van der Waals surface area contributed by atoms with Crippen LogP contribution in [0.2, 0.25) is 0 Å². The van der Waals surface area contributed by atoms with E-state index in [0.717, 1.165) is 5.56 Å². The van der Waals surface area contributed by atoms with Gasteiger partial charge in [-0.05, 0) is 5.56 Å². The molecule has 0 saturated heterocycles. The molecule has 1 aromatic carbocycles. The number of H-pyrrole nitrogens is 1. The van der Waals surface area contributed by atoms with Crippen LogP contribution in [-0.4, -0.2) is 14.7 Å². The summed E-state index contributed by atoms with van der Waals surface area (Å²) in [7, 11) is 0. The molecule has 3 rings (SSSR count). The molecular weight excluding hydrogens is 224 g/mol. The standard InChI is InChI=1S/C11H10N2O2S/c14-9-8-6-16-10(13(8)11(15)12-9)7-4-2-1-3-5-7/h1-5,10,14H,6H2,(H,12,15). The molecule has 5 heteroatoms. The molecule has 2 aromatic rings. The first-order valence-electron chi connectivity index (χ1n) is 4.96. The number of aromatic amines is 1. The lowest BCUT2D eigenvalue weighted by Gasteiger charge is -2.10. The molecule has 0 fully saturated rings. The third-order valence-corrected chi connectivity index (χ3v) is 3.94. The highest BCUT2D eigenvalue weighted by atomic mass is 32.2. The third kappa shape index (κ3) is 1.28. The molecular formula is C11H10N2O2S. The molecule has 16 heavy (non-hydrogen) atoms. The number of nitrogens with zero attached hydrogens (tertiary/aromatic N) is 1. The van der Waals surface area contributed by atoms with Gasteiger partial charge in [-0.15, -0.1) is 11.8 Å². The van der Waals surface area contributed by atoms with Crippen molar-refractivity contribution >= 4 is 11.8 Å². The number of imidazole rings is 1. The van der Waals surface area contributed by atoms with E-state index in [9.17, 15) is 9.90 Å². The van der Waals surface area contributed by atoms with Gasteiger partial charge in [-0.3, -0.25) is 9.55 Å². The van der Waals surface area contributed by atoms with Gasteiger partial charge in [0.1, 0.15) is 5.37 Å². The molecule has 2 N–H and O–H groups in total. The smallest absolute Gasteiger partial charge is 0.329 e. The van der Waals surface area contributed by atoms with Crippen molar-refractivity contribution in [1.29, 1.82) is 0 Å². The van der Waals surface area contributed by atoms with Gasteiger partial charge < -0.3 is 5.11 Å². The SMILES string of the molecule is O=c1[nH]c(O)c2n1C(c1ccccc1)SC2. The summed E-state index contributed by atoms with van der Waals surface area (Å²) in [5, 5.41) is 9.50. The van der Waals surface area contributed by atoms with Gasteiger partial charge in [0, 0.05) is 5.75 Å². The minimum absolute atomic E-state index is 0.00377. The summed E-state index contributed by atoms with van der Waals surface area (Å²) in [4.78, 5) is 14.1. The van der Waals surface area contributed by atoms with Gasteiger partial charge in [0.25, 0.3) is 0 Å². The Morgan fingerprint density at radius 1 is 1.38 bits per heavy atom. The molecule has 4 nitrogen and oxygen atoms in total. The largest absolute Gasteiger partial charge is 0.493 e. The van der Waals surface area contributed by atoms with Gasteiger partial charge in [-0.25, -0.2) is 4.79 Å². The predicted octanol–water partition coefficient (Wildman–Crippen LogP) is 1.68. The maximum atomic E-state index is 11.6. The summed E-state index contributed by atoms with van der Waals surface area (Å²) >= 11 is 1.64. The number of hydrogen-bond donors (Lipinski definition) is 2. The average molecular weight is 234 g/mol. The van der Waals surface area contributed by atoms with Crippen LogP contribution >= 0.6 is 11.8 Å². The predicted molar refractivity (Wildman–Crippen MR) is 62.6 cm³/mol. The van der Waals surface area contributed by atoms with Crippen molar-refractivity contribution in [2.75, 3.05) is 0 Å². The molecule has 0 saturated carbocycles. The maximum Gasteiger partial charge on any atom is 0.329 e. The lowest BCUT2D eigenvalue weighted by atomic mass is 10.2. The van der Waals surface area contributed by atoms with Gasteiger partial charge in [0.2, 0.25) is 5.88 Å². The number of rotatable bonds is 1. The van der Waals surface area contributed by atoms with E-state index >= 15 is 0 Å². The minimum Gasteiger partial charge on any atom is -0.493 e. The van der Waals surface area contributed by atoms with Crippen LogP contribution in [0.3, 0.4) is 0 Å². The fourth-order valence-corrected chi connectivity index (χ4v) is 3.26. The van der Waals surface area contributed by atoms with Crippen molar-refractivity contribution in [1.82, 2.24) is 9.55 Å². The summed E-state index contributed by atoms with van der Waals surface area (Å²) in [6, 6.07) is 9.82. The Balaban J connectivity index is 2.13. The van der Waals surface area contributed by atoms with Crippen molar-refractivity contribution < 1.29 is 5.11 Å². The van der Waals surface area contributed by atoms with Gasteiger partial charge in [0.15, 0.2) is 0 Å². The Labute approximate surface area is 95.9 Å². The number of aromatic hydroxyl groups is 1. The molecule has 0 bridgehead atoms. The lowest BCUT2D eigenvalue weighted by Crippen LogP contribution is -2.19. The van der Waals surface area contributed by atoms with E-state index in [1.165, 1.54) is 0 Å². The fourth-order valence-electron chi connectivity index (χ4n) is 1.95. The molecule has 1 aromatic heterocycles. The van der Waals surface area contributed by atoms with E-state index in [0.29, 0.717) is 11.4 Å². The Hall–Kier alpha value is -1.62. The Morgan fingerprint density at radius 3 is 2.88 bits per heavy atom. The number of benzene rings is 1. The summed E-state index contributed by atoms with van der Waals surface area (Å²) in [5.74, 6) is 0.653. The highest BCUT2D eigenvalue weighted by Crippen LogP contribution is 2.41. The first-order chi connectivity index (χ1) is 7.77. The van der Waals surface area contributed by atoms with E-state index in [4.69, 9.17) is 0 Å². The Bertz CT molecular complexity index is 573. The molecule has 1 aliphatic rings. The van der Waals surface area contributed by atoms with Crippen LogP contribution in [0, 0.1) is 0 Å². The van der Waals surface area contributed by atoms with Crippen LogP contribution in [0.5, 0.6) is 5.88 Å². The molecule has 0 radical (unpaired) electrons. The van der Waals surface area contributed by atoms with Crippen LogP contribution in [0.1, 0.15) is 16.6 Å². The summed E-state index contributed by atoms with van der Waals surface area (Å²) in [6.45, 7) is 0. The minimum atomic E-state index is -0.244. The third-order valence-electron chi connectivity index (χ3n) is 2.71. The molecule has 1 aliphatic heterocycles. The van der Waals surface area contributed by atoms with Crippen molar-refractivity contribution in [3.05, 3.63) is 52.1 Å². The normalized spacial score (nSPS) is 18.6. The summed E-state index contributed by atoms with van der Waals surface area (Å²) in [6.07, 6.45) is 0. The molecule has 0 amide bonds. The number of nitrogens with one attached hydrogen (secondary N) is 1. The van der Waals surface area contributed by atoms with E-state index in [-0.39, 0.29) is 16.9 Å². The zero-order valence-corrected chi connectivity index (χ0v) is 9.20. The van der Waals surface area contributed by atoms with E-state index in [1.54, 1.807) is 16.3 Å². The van der Waals surface area contributed by atoms with Gasteiger partial charge in [-0.2, -0.15) is 0 Å². The van der Waals surface area contributed by atoms with Gasteiger partial charge in [0.05, 0.1) is 5.69 Å². The van der Waals surface area contributed by atoms with E-state index in [2.05, 4.69) is 4.98 Å². The summed E-state index contributed by atoms with van der Waals surface area (Å²) in [5.41, 5.74) is 1.52.